The van der Waals surface area contributed by atoms with Crippen molar-refractivity contribution in [2.45, 2.75) is 26.4 Å². The van der Waals surface area contributed by atoms with Crippen LogP contribution in [0.25, 0.3) is 0 Å². The Hall–Kier alpha value is -1.31. The minimum Gasteiger partial charge on any atom is -0.458 e. The molecule has 1 rings (SSSR count). The second-order valence-corrected chi connectivity index (χ2v) is 2.90. The van der Waals surface area contributed by atoms with Gasteiger partial charge in [0.15, 0.2) is 0 Å². The number of esters is 1. The summed E-state index contributed by atoms with van der Waals surface area (Å²) in [4.78, 5) is 11.0. The molecule has 0 saturated heterocycles. The van der Waals surface area contributed by atoms with E-state index in [1.807, 2.05) is 37.3 Å². The van der Waals surface area contributed by atoms with E-state index in [0.29, 0.717) is 6.42 Å². The number of benzene rings is 1. The first kappa shape index (κ1) is 9.78. The van der Waals surface area contributed by atoms with Crippen LogP contribution in [0.5, 0.6) is 0 Å². The fourth-order valence-corrected chi connectivity index (χ4v) is 1.07. The summed E-state index contributed by atoms with van der Waals surface area (Å²) in [7, 11) is 0. The van der Waals surface area contributed by atoms with E-state index >= 15 is 0 Å². The Morgan fingerprint density at radius 3 is 2.54 bits per heavy atom. The molecule has 2 nitrogen and oxygen atoms in total. The van der Waals surface area contributed by atoms with Crippen LogP contribution in [-0.2, 0) is 9.53 Å². The first-order valence-corrected chi connectivity index (χ1v) is 4.48. The van der Waals surface area contributed by atoms with Crippen LogP contribution in [0.15, 0.2) is 30.3 Å². The van der Waals surface area contributed by atoms with E-state index in [9.17, 15) is 4.79 Å². The summed E-state index contributed by atoms with van der Waals surface area (Å²) in [5, 5.41) is 0. The summed E-state index contributed by atoms with van der Waals surface area (Å²) in [5.74, 6) is -0.156. The number of rotatable bonds is 3. The van der Waals surface area contributed by atoms with E-state index in [1.165, 1.54) is 0 Å². The molecule has 70 valence electrons. The highest BCUT2D eigenvalue weighted by Crippen LogP contribution is 2.16. The number of hydrogen-bond acceptors (Lipinski definition) is 2. The maximum atomic E-state index is 11.0. The second kappa shape index (κ2) is 4.65. The zero-order chi connectivity index (χ0) is 9.68. The van der Waals surface area contributed by atoms with Crippen molar-refractivity contribution in [2.75, 3.05) is 0 Å². The third-order valence-corrected chi connectivity index (χ3v) is 1.87. The van der Waals surface area contributed by atoms with Crippen LogP contribution in [0.2, 0.25) is 0 Å². The molecule has 1 atom stereocenters. The second-order valence-electron chi connectivity index (χ2n) is 2.90. The standard InChI is InChI=1S/C11H14O2/c1-3-11(12)13-9(2)10-7-5-4-6-8-10/h4-9H,3H2,1-2H3. The Labute approximate surface area is 78.5 Å². The molecule has 0 aromatic heterocycles. The van der Waals surface area contributed by atoms with Gasteiger partial charge in [-0.05, 0) is 12.5 Å². The molecule has 0 aliphatic rings. The van der Waals surface area contributed by atoms with Crippen LogP contribution in [-0.4, -0.2) is 5.97 Å². The first-order chi connectivity index (χ1) is 6.24. The molecule has 2 heteroatoms. The summed E-state index contributed by atoms with van der Waals surface area (Å²) in [6, 6.07) is 9.72. The first-order valence-electron chi connectivity index (χ1n) is 4.48. The monoisotopic (exact) mass is 178 g/mol. The maximum absolute atomic E-state index is 11.0. The van der Waals surface area contributed by atoms with Gasteiger partial charge in [0.05, 0.1) is 0 Å². The van der Waals surface area contributed by atoms with E-state index < -0.39 is 0 Å². The smallest absolute Gasteiger partial charge is 0.306 e. The van der Waals surface area contributed by atoms with Crippen molar-refractivity contribution >= 4 is 5.97 Å². The highest BCUT2D eigenvalue weighted by atomic mass is 16.5. The Morgan fingerprint density at radius 2 is 2.00 bits per heavy atom. The molecule has 0 heterocycles. The minimum absolute atomic E-state index is 0.145. The van der Waals surface area contributed by atoms with E-state index in [1.54, 1.807) is 6.92 Å². The number of carbonyl (C=O) groups excluding carboxylic acids is 1. The van der Waals surface area contributed by atoms with Crippen molar-refractivity contribution in [1.82, 2.24) is 0 Å². The third-order valence-electron chi connectivity index (χ3n) is 1.87. The van der Waals surface area contributed by atoms with Crippen LogP contribution in [0.3, 0.4) is 0 Å². The van der Waals surface area contributed by atoms with Gasteiger partial charge in [-0.15, -0.1) is 0 Å². The van der Waals surface area contributed by atoms with Gasteiger partial charge in [0.2, 0.25) is 0 Å². The van der Waals surface area contributed by atoms with Crippen LogP contribution in [0, 0.1) is 0 Å². The Balaban J connectivity index is 2.59. The molecule has 1 aromatic rings. The molecule has 1 aromatic carbocycles. The lowest BCUT2D eigenvalue weighted by molar-refractivity contribution is -0.148. The fourth-order valence-electron chi connectivity index (χ4n) is 1.07. The highest BCUT2D eigenvalue weighted by molar-refractivity contribution is 5.69. The summed E-state index contributed by atoms with van der Waals surface area (Å²) < 4.78 is 5.15. The Morgan fingerprint density at radius 1 is 1.38 bits per heavy atom. The molecule has 0 saturated carbocycles. The summed E-state index contributed by atoms with van der Waals surface area (Å²) in [6.07, 6.45) is 0.283. The maximum Gasteiger partial charge on any atom is 0.306 e. The zero-order valence-electron chi connectivity index (χ0n) is 7.99. The van der Waals surface area contributed by atoms with Crippen molar-refractivity contribution in [3.63, 3.8) is 0 Å². The average Bonchev–Trinajstić information content (AvgIpc) is 2.19. The van der Waals surface area contributed by atoms with Crippen molar-refractivity contribution in [1.29, 1.82) is 0 Å². The highest BCUT2D eigenvalue weighted by Gasteiger charge is 2.08. The quantitative estimate of drug-likeness (QED) is 0.665. The summed E-state index contributed by atoms with van der Waals surface area (Å²) >= 11 is 0. The van der Waals surface area contributed by atoms with Gasteiger partial charge in [-0.1, -0.05) is 37.3 Å². The van der Waals surface area contributed by atoms with E-state index in [2.05, 4.69) is 0 Å². The number of carbonyl (C=O) groups is 1. The molecular formula is C11H14O2. The molecule has 0 fully saturated rings. The largest absolute Gasteiger partial charge is 0.458 e. The fraction of sp³-hybridized carbons (Fsp3) is 0.364. The van der Waals surface area contributed by atoms with Gasteiger partial charge >= 0.3 is 5.97 Å². The van der Waals surface area contributed by atoms with Crippen molar-refractivity contribution in [2.24, 2.45) is 0 Å². The van der Waals surface area contributed by atoms with Crippen molar-refractivity contribution < 1.29 is 9.53 Å². The molecular weight excluding hydrogens is 164 g/mol. The van der Waals surface area contributed by atoms with Crippen molar-refractivity contribution in [3.8, 4) is 0 Å². The van der Waals surface area contributed by atoms with E-state index in [4.69, 9.17) is 4.74 Å². The zero-order valence-corrected chi connectivity index (χ0v) is 7.99. The molecule has 0 amide bonds. The molecule has 0 bridgehead atoms. The van der Waals surface area contributed by atoms with Gasteiger partial charge in [-0.25, -0.2) is 0 Å². The van der Waals surface area contributed by atoms with Gasteiger partial charge in [0.1, 0.15) is 6.10 Å². The lowest BCUT2D eigenvalue weighted by atomic mass is 10.1. The van der Waals surface area contributed by atoms with Gasteiger partial charge < -0.3 is 4.74 Å². The molecule has 0 radical (unpaired) electrons. The minimum atomic E-state index is -0.156. The predicted molar refractivity (Wildman–Crippen MR) is 51.2 cm³/mol. The topological polar surface area (TPSA) is 26.3 Å². The normalized spacial score (nSPS) is 12.2. The van der Waals surface area contributed by atoms with Crippen LogP contribution >= 0.6 is 0 Å². The molecule has 13 heavy (non-hydrogen) atoms. The van der Waals surface area contributed by atoms with Gasteiger partial charge in [-0.3, -0.25) is 4.79 Å². The Kier molecular flexibility index (Phi) is 3.50. The molecule has 0 N–H and O–H groups in total. The third kappa shape index (κ3) is 2.90. The van der Waals surface area contributed by atoms with Gasteiger partial charge in [0, 0.05) is 6.42 Å². The molecule has 0 aliphatic carbocycles. The van der Waals surface area contributed by atoms with Crippen molar-refractivity contribution in [3.05, 3.63) is 35.9 Å². The lowest BCUT2D eigenvalue weighted by Crippen LogP contribution is -2.06. The molecule has 1 unspecified atom stereocenters. The van der Waals surface area contributed by atoms with E-state index in [0.717, 1.165) is 5.56 Å². The summed E-state index contributed by atoms with van der Waals surface area (Å²) in [5.41, 5.74) is 1.03. The number of hydrogen-bond donors (Lipinski definition) is 0. The van der Waals surface area contributed by atoms with Crippen LogP contribution in [0.1, 0.15) is 31.9 Å². The van der Waals surface area contributed by atoms with E-state index in [-0.39, 0.29) is 12.1 Å². The lowest BCUT2D eigenvalue weighted by Gasteiger charge is -2.12. The average molecular weight is 178 g/mol. The number of ether oxygens (including phenoxy) is 1. The van der Waals surface area contributed by atoms with Crippen LogP contribution in [0.4, 0.5) is 0 Å². The SMILES string of the molecule is CCC(=O)OC(C)c1ccccc1. The predicted octanol–water partition coefficient (Wildman–Crippen LogP) is 2.70. The molecule has 0 spiro atoms. The Bertz CT molecular complexity index is 267. The van der Waals surface area contributed by atoms with Gasteiger partial charge in [-0.2, -0.15) is 0 Å². The van der Waals surface area contributed by atoms with Crippen LogP contribution < -0.4 is 0 Å². The summed E-state index contributed by atoms with van der Waals surface area (Å²) in [6.45, 7) is 3.67. The van der Waals surface area contributed by atoms with Gasteiger partial charge in [0.25, 0.3) is 0 Å². The molecule has 0 aliphatic heterocycles.